The Morgan fingerprint density at radius 1 is 1.09 bits per heavy atom. The molecule has 0 radical (unpaired) electrons. The molecule has 1 rings (SSSR count). The van der Waals surface area contributed by atoms with Gasteiger partial charge in [0.25, 0.3) is 0 Å². The van der Waals surface area contributed by atoms with E-state index < -0.39 is 86.8 Å². The van der Waals surface area contributed by atoms with Crippen LogP contribution in [0.3, 0.4) is 0 Å². The van der Waals surface area contributed by atoms with E-state index >= 15 is 0 Å². The molecule has 0 amide bonds. The summed E-state index contributed by atoms with van der Waals surface area (Å²) in [4.78, 5) is 25.6. The highest BCUT2D eigenvalue weighted by Crippen LogP contribution is 2.24. The molecule has 1 fully saturated rings. The largest absolute Gasteiger partial charge is 0.481 e. The van der Waals surface area contributed by atoms with E-state index in [4.69, 9.17) is 30.2 Å². The van der Waals surface area contributed by atoms with Gasteiger partial charge in [-0.2, -0.15) is 0 Å². The van der Waals surface area contributed by atoms with Gasteiger partial charge in [0, 0.05) is 12.8 Å². The van der Waals surface area contributed by atoms with Gasteiger partial charge < -0.3 is 60.8 Å². The Bertz CT molecular complexity index is 650. The summed E-state index contributed by atoms with van der Waals surface area (Å²) in [5.74, 6) is -2.50. The van der Waals surface area contributed by atoms with Crippen LogP contribution in [0.2, 0.25) is 0 Å². The number of aliphatic hydroxyl groups is 6. The van der Waals surface area contributed by atoms with Crippen molar-refractivity contribution in [3.8, 4) is 0 Å². The van der Waals surface area contributed by atoms with Gasteiger partial charge in [-0.05, 0) is 19.3 Å². The van der Waals surface area contributed by atoms with Gasteiger partial charge >= 0.3 is 11.9 Å². The highest BCUT2D eigenvalue weighted by atomic mass is 16.7. The lowest BCUT2D eigenvalue weighted by molar-refractivity contribution is -0.315. The lowest BCUT2D eigenvalue weighted by atomic mass is 9.99. The summed E-state index contributed by atoms with van der Waals surface area (Å²) in [7, 11) is 0. The van der Waals surface area contributed by atoms with Gasteiger partial charge in [0.15, 0.2) is 12.6 Å². The van der Waals surface area contributed by atoms with E-state index in [1.165, 1.54) is 0 Å². The average molecular weight is 498 g/mol. The predicted octanol–water partition coefficient (Wildman–Crippen LogP) is -4.00. The van der Waals surface area contributed by atoms with Crippen LogP contribution in [0.4, 0.5) is 0 Å². The number of aliphatic hydroxyl groups excluding tert-OH is 6. The first-order valence-corrected chi connectivity index (χ1v) is 10.6. The molecule has 15 nitrogen and oxygen atoms in total. The normalized spacial score (nSPS) is 29.0. The second kappa shape index (κ2) is 15.3. The molecule has 1 aliphatic heterocycles. The van der Waals surface area contributed by atoms with Crippen molar-refractivity contribution in [2.75, 3.05) is 19.8 Å². The average Bonchev–Trinajstić information content (AvgIpc) is 2.78. The third-order valence-corrected chi connectivity index (χ3v) is 4.99. The molecule has 0 aromatic rings. The molecule has 1 unspecified atom stereocenters. The SMILES string of the molecule is NC(CCCCN=C[C@H](O[C@H]1O[C@H](CO)[C@@H](O)[C@H](O)[C@H]1O)[C@@H](CO)O[C@H](O)CC(=O)O)C(=O)O. The van der Waals surface area contributed by atoms with Crippen molar-refractivity contribution in [3.05, 3.63) is 0 Å². The number of unbranched alkanes of at least 4 members (excludes halogenated alkanes) is 1. The van der Waals surface area contributed by atoms with Crippen LogP contribution in [0.25, 0.3) is 0 Å². The van der Waals surface area contributed by atoms with Gasteiger partial charge in [-0.25, -0.2) is 0 Å². The molecule has 9 atom stereocenters. The van der Waals surface area contributed by atoms with Crippen molar-refractivity contribution in [2.24, 2.45) is 10.7 Å². The fourth-order valence-corrected chi connectivity index (χ4v) is 3.05. The lowest BCUT2D eigenvalue weighted by Crippen LogP contribution is -2.60. The van der Waals surface area contributed by atoms with Crippen molar-refractivity contribution in [1.29, 1.82) is 0 Å². The second-order valence-corrected chi connectivity index (χ2v) is 7.70. The molecule has 198 valence electrons. The number of nitrogens with zero attached hydrogens (tertiary/aromatic N) is 1. The summed E-state index contributed by atoms with van der Waals surface area (Å²) >= 11 is 0. The van der Waals surface area contributed by atoms with Gasteiger partial charge in [-0.3, -0.25) is 14.6 Å². The summed E-state index contributed by atoms with van der Waals surface area (Å²) in [6.07, 6.45) is -11.1. The van der Waals surface area contributed by atoms with E-state index in [1.807, 2.05) is 0 Å². The Morgan fingerprint density at radius 3 is 2.32 bits per heavy atom. The highest BCUT2D eigenvalue weighted by Gasteiger charge is 2.45. The maximum absolute atomic E-state index is 10.8. The van der Waals surface area contributed by atoms with Crippen molar-refractivity contribution in [2.45, 2.75) is 80.9 Å². The smallest absolute Gasteiger partial charge is 0.320 e. The van der Waals surface area contributed by atoms with Gasteiger partial charge in [-0.15, -0.1) is 0 Å². The number of carbonyl (C=O) groups is 2. The minimum absolute atomic E-state index is 0.177. The molecule has 1 aliphatic rings. The molecular formula is C19H34N2O13. The molecule has 10 N–H and O–H groups in total. The molecule has 0 aromatic carbocycles. The van der Waals surface area contributed by atoms with Gasteiger partial charge in [-0.1, -0.05) is 0 Å². The molecule has 1 saturated heterocycles. The monoisotopic (exact) mass is 498 g/mol. The van der Waals surface area contributed by atoms with Crippen LogP contribution in [0, 0.1) is 0 Å². The van der Waals surface area contributed by atoms with Crippen molar-refractivity contribution < 1.29 is 64.7 Å². The fourth-order valence-electron chi connectivity index (χ4n) is 3.05. The number of hydrogen-bond acceptors (Lipinski definition) is 13. The summed E-state index contributed by atoms with van der Waals surface area (Å²) in [6, 6.07) is -1.01. The van der Waals surface area contributed by atoms with Crippen LogP contribution in [-0.4, -0.2) is 134 Å². The molecule has 15 heteroatoms. The second-order valence-electron chi connectivity index (χ2n) is 7.70. The summed E-state index contributed by atoms with van der Waals surface area (Å²) in [6.45, 7) is -1.31. The number of nitrogens with two attached hydrogens (primary N) is 1. The Hall–Kier alpha value is -1.79. The zero-order chi connectivity index (χ0) is 25.8. The van der Waals surface area contributed by atoms with Crippen LogP contribution >= 0.6 is 0 Å². The third kappa shape index (κ3) is 9.83. The summed E-state index contributed by atoms with van der Waals surface area (Å²) < 4.78 is 15.9. The first-order chi connectivity index (χ1) is 16.0. The van der Waals surface area contributed by atoms with Gasteiger partial charge in [0.1, 0.15) is 42.7 Å². The van der Waals surface area contributed by atoms with Crippen LogP contribution in [0.1, 0.15) is 25.7 Å². The Balaban J connectivity index is 2.89. The van der Waals surface area contributed by atoms with Crippen LogP contribution < -0.4 is 5.73 Å². The van der Waals surface area contributed by atoms with Gasteiger partial charge in [0.05, 0.1) is 19.6 Å². The number of ether oxygens (including phenoxy) is 3. The number of aliphatic imine (C=N–C) groups is 1. The third-order valence-electron chi connectivity index (χ3n) is 4.99. The zero-order valence-corrected chi connectivity index (χ0v) is 18.4. The lowest BCUT2D eigenvalue weighted by Gasteiger charge is -2.41. The van der Waals surface area contributed by atoms with Crippen molar-refractivity contribution >= 4 is 18.2 Å². The topological polar surface area (TPSA) is 262 Å². The number of carboxylic acid groups (broad SMARTS) is 2. The maximum atomic E-state index is 10.8. The van der Waals surface area contributed by atoms with Crippen LogP contribution in [0.15, 0.2) is 4.99 Å². The summed E-state index contributed by atoms with van der Waals surface area (Å²) in [5, 5.41) is 76.3. The predicted molar refractivity (Wildman–Crippen MR) is 112 cm³/mol. The molecule has 1 heterocycles. The van der Waals surface area contributed by atoms with E-state index in [9.17, 15) is 40.2 Å². The molecule has 0 bridgehead atoms. The van der Waals surface area contributed by atoms with E-state index in [2.05, 4.69) is 4.99 Å². The molecule has 34 heavy (non-hydrogen) atoms. The first-order valence-electron chi connectivity index (χ1n) is 10.6. The fraction of sp³-hybridized carbons (Fsp3) is 0.842. The molecular weight excluding hydrogens is 464 g/mol. The maximum Gasteiger partial charge on any atom is 0.320 e. The number of hydrogen-bond donors (Lipinski definition) is 9. The number of carboxylic acids is 2. The molecule has 0 spiro atoms. The molecule has 0 aromatic heterocycles. The zero-order valence-electron chi connectivity index (χ0n) is 18.4. The quantitative estimate of drug-likeness (QED) is 0.0558. The minimum Gasteiger partial charge on any atom is -0.481 e. The van der Waals surface area contributed by atoms with Crippen LogP contribution in [0.5, 0.6) is 0 Å². The van der Waals surface area contributed by atoms with Crippen molar-refractivity contribution in [3.63, 3.8) is 0 Å². The highest BCUT2D eigenvalue weighted by molar-refractivity contribution is 5.72. The van der Waals surface area contributed by atoms with E-state index in [-0.39, 0.29) is 13.0 Å². The Morgan fingerprint density at radius 2 is 1.76 bits per heavy atom. The standard InChI is InChI=1S/C19H34N2O13/c20-9(18(30)31)3-1-2-4-21-6-10(11(7-22)32-14(26)5-13(24)25)33-19-17(29)16(28)15(27)12(8-23)34-19/h6,9-12,14-17,19,22-23,26-29H,1-5,7-8,20H2,(H,24,25)(H,30,31)/t9?,10-,11+,12+,14-,15+,16-,17+,19-/m0/s1. The van der Waals surface area contributed by atoms with E-state index in [1.54, 1.807) is 0 Å². The van der Waals surface area contributed by atoms with Gasteiger partial charge in [0.2, 0.25) is 0 Å². The first kappa shape index (κ1) is 30.2. The van der Waals surface area contributed by atoms with E-state index in [0.29, 0.717) is 12.8 Å². The van der Waals surface area contributed by atoms with Crippen molar-refractivity contribution in [1.82, 2.24) is 0 Å². The molecule has 0 saturated carbocycles. The number of rotatable bonds is 16. The Kier molecular flexibility index (Phi) is 13.6. The number of aliphatic carboxylic acids is 2. The van der Waals surface area contributed by atoms with E-state index in [0.717, 1.165) is 6.21 Å². The minimum atomic E-state index is -1.82. The molecule has 0 aliphatic carbocycles. The Labute approximate surface area is 195 Å². The summed E-state index contributed by atoms with van der Waals surface area (Å²) in [5.41, 5.74) is 5.42. The van der Waals surface area contributed by atoms with Crippen LogP contribution in [-0.2, 0) is 23.8 Å².